The highest BCUT2D eigenvalue weighted by molar-refractivity contribution is 6.08. The molecule has 1 nitrogen and oxygen atoms in total. The predicted molar refractivity (Wildman–Crippen MR) is 20.4 cm³/mol. The molecule has 4 heavy (non-hydrogen) atoms. The van der Waals surface area contributed by atoms with Crippen LogP contribution in [0.4, 0.5) is 0 Å². The first-order valence-electron chi connectivity index (χ1n) is 1.40. The van der Waals surface area contributed by atoms with E-state index in [1.165, 1.54) is 16.3 Å². The largest absolute Gasteiger partial charge is 0.400 e. The minimum absolute atomic E-state index is 0.958. The van der Waals surface area contributed by atoms with E-state index in [1.54, 1.807) is 7.11 Å². The Bertz CT molecular complexity index is 8.00. The van der Waals surface area contributed by atoms with Crippen LogP contribution in [-0.4, -0.2) is 28.9 Å². The summed E-state index contributed by atoms with van der Waals surface area (Å²) in [5, 5.41) is 0. The summed E-state index contributed by atoms with van der Waals surface area (Å²) in [6.45, 7) is 0. The van der Waals surface area contributed by atoms with Crippen LogP contribution in [0.25, 0.3) is 0 Å². The highest BCUT2D eigenvalue weighted by atomic mass is 27.0. The molecule has 0 aliphatic heterocycles. The zero-order valence-electron chi connectivity index (χ0n) is 3.12. The molecule has 0 heterocycles. The van der Waals surface area contributed by atoms with E-state index in [4.69, 9.17) is 0 Å². The number of hydrogen-bond donors (Lipinski definition) is 0. The molecule has 0 amide bonds. The van der Waals surface area contributed by atoms with Gasteiger partial charge in [-0.05, 0) is 5.47 Å². The first kappa shape index (κ1) is 4.49. The maximum atomic E-state index is 4.60. The van der Waals surface area contributed by atoms with Gasteiger partial charge >= 0.3 is 0 Å². The fourth-order valence-corrected chi connectivity index (χ4v) is 0. The van der Waals surface area contributed by atoms with Crippen molar-refractivity contribution >= 4 is 16.3 Å². The summed E-state index contributed by atoms with van der Waals surface area (Å²) in [6.07, 6.45) is 0. The molecule has 0 radical (unpaired) electrons. The molecule has 0 bridgehead atoms. The van der Waals surface area contributed by atoms with Gasteiger partial charge in [-0.25, -0.2) is 0 Å². The smallest absolute Gasteiger partial charge is 0.253 e. The van der Waals surface area contributed by atoms with Crippen LogP contribution in [0, 0.1) is 0 Å². The maximum Gasteiger partial charge on any atom is 0.253 e. The molecule has 0 aliphatic carbocycles. The zero-order chi connectivity index (χ0) is 3.41. The van der Waals surface area contributed by atoms with Crippen molar-refractivity contribution in [2.45, 2.75) is 0 Å². The van der Waals surface area contributed by atoms with Crippen LogP contribution < -0.4 is 0 Å². The highest BCUT2D eigenvalue weighted by Gasteiger charge is 1.54. The molecule has 0 rings (SSSR count). The molecule has 0 unspecified atom stereocenters. The molecule has 0 aromatic heterocycles. The van der Waals surface area contributed by atoms with Crippen molar-refractivity contribution in [2.75, 3.05) is 12.6 Å². The Morgan fingerprint density at radius 3 is 2.25 bits per heavy atom. The molecule has 0 fully saturated rings. The van der Waals surface area contributed by atoms with Crippen molar-refractivity contribution < 1.29 is 4.74 Å². The summed E-state index contributed by atoms with van der Waals surface area (Å²) >= 11 is 1.17. The third-order valence-electron chi connectivity index (χ3n) is 0.289. The molecule has 0 saturated heterocycles. The molecule has 0 aliphatic rings. The molecule has 0 spiro atoms. The predicted octanol–water partition coefficient (Wildman–Crippen LogP) is -0.777. The Morgan fingerprint density at radius 2 is 2.25 bits per heavy atom. The van der Waals surface area contributed by atoms with Crippen molar-refractivity contribution in [1.29, 1.82) is 0 Å². The Balaban J connectivity index is 1.97. The summed E-state index contributed by atoms with van der Waals surface area (Å²) in [6, 6.07) is 0. The minimum Gasteiger partial charge on any atom is -0.400 e. The number of methoxy groups -OCH3 is 1. The Hall–Kier alpha value is 0.492. The van der Waals surface area contributed by atoms with Crippen molar-refractivity contribution in [3.8, 4) is 0 Å². The minimum atomic E-state index is 0.958. The summed E-state index contributed by atoms with van der Waals surface area (Å²) in [5.41, 5.74) is 0.958. The lowest BCUT2D eigenvalue weighted by Crippen LogP contribution is -1.80. The van der Waals surface area contributed by atoms with Crippen molar-refractivity contribution in [3.63, 3.8) is 0 Å². The van der Waals surface area contributed by atoms with E-state index in [0.717, 1.165) is 5.47 Å². The second kappa shape index (κ2) is 3.49. The lowest BCUT2D eigenvalue weighted by Gasteiger charge is -1.76. The number of rotatable bonds is 1. The van der Waals surface area contributed by atoms with E-state index >= 15 is 0 Å². The summed E-state index contributed by atoms with van der Waals surface area (Å²) in [7, 11) is 1.72. The zero-order valence-corrected chi connectivity index (χ0v) is 5.12. The Labute approximate surface area is 34.4 Å². The SMILES string of the molecule is CO[CH2][AlH2]. The fourth-order valence-electron chi connectivity index (χ4n) is 0. The molecule has 0 aromatic carbocycles. The average Bonchev–Trinajstić information content (AvgIpc) is 1.37. The van der Waals surface area contributed by atoms with Crippen LogP contribution in [0.15, 0.2) is 0 Å². The Morgan fingerprint density at radius 1 is 2.00 bits per heavy atom. The van der Waals surface area contributed by atoms with E-state index in [1.807, 2.05) is 0 Å². The fraction of sp³-hybridized carbons (Fsp3) is 1.00. The average molecular weight is 74.1 g/mol. The van der Waals surface area contributed by atoms with Gasteiger partial charge in [-0.1, -0.05) is 0 Å². The van der Waals surface area contributed by atoms with Gasteiger partial charge in [0.1, 0.15) is 0 Å². The van der Waals surface area contributed by atoms with Gasteiger partial charge in [-0.2, -0.15) is 0 Å². The lowest BCUT2D eigenvalue weighted by atomic mass is 11.5. The molecule has 2 heteroatoms. The molecule has 0 saturated carbocycles. The van der Waals surface area contributed by atoms with Gasteiger partial charge in [-0.3, -0.25) is 0 Å². The van der Waals surface area contributed by atoms with Crippen LogP contribution in [0.2, 0.25) is 0 Å². The van der Waals surface area contributed by atoms with Crippen LogP contribution in [0.1, 0.15) is 0 Å². The molecule has 0 atom stereocenters. The van der Waals surface area contributed by atoms with Gasteiger partial charge in [-0.15, -0.1) is 0 Å². The molecular formula is C2H7AlO. The third-order valence-corrected chi connectivity index (χ3v) is 0.866. The van der Waals surface area contributed by atoms with Gasteiger partial charge in [0.2, 0.25) is 0 Å². The van der Waals surface area contributed by atoms with Crippen molar-refractivity contribution in [2.24, 2.45) is 0 Å². The molecular weight excluding hydrogens is 67.0 g/mol. The molecule has 0 aromatic rings. The quantitative estimate of drug-likeness (QED) is 0.371. The normalized spacial score (nSPS) is 7.25. The van der Waals surface area contributed by atoms with Crippen LogP contribution in [0.3, 0.4) is 0 Å². The Kier molecular flexibility index (Phi) is 3.92. The summed E-state index contributed by atoms with van der Waals surface area (Å²) in [5.74, 6) is 0. The molecule has 24 valence electrons. The van der Waals surface area contributed by atoms with E-state index in [9.17, 15) is 0 Å². The van der Waals surface area contributed by atoms with Gasteiger partial charge in [0.15, 0.2) is 0 Å². The van der Waals surface area contributed by atoms with Gasteiger partial charge in [0.25, 0.3) is 16.3 Å². The van der Waals surface area contributed by atoms with Gasteiger partial charge in [0.05, 0.1) is 0 Å². The number of hydrogen-bond acceptors (Lipinski definition) is 1. The monoisotopic (exact) mass is 74.0 g/mol. The van der Waals surface area contributed by atoms with Crippen LogP contribution >= 0.6 is 0 Å². The van der Waals surface area contributed by atoms with Crippen molar-refractivity contribution in [1.82, 2.24) is 0 Å². The van der Waals surface area contributed by atoms with Crippen LogP contribution in [-0.2, 0) is 4.74 Å². The summed E-state index contributed by atoms with van der Waals surface area (Å²) in [4.78, 5) is 0. The topological polar surface area (TPSA) is 9.23 Å². The third kappa shape index (κ3) is 2.49. The maximum absolute atomic E-state index is 4.60. The van der Waals surface area contributed by atoms with E-state index < -0.39 is 0 Å². The number of ether oxygens (including phenoxy) is 1. The lowest BCUT2D eigenvalue weighted by molar-refractivity contribution is 0.254. The van der Waals surface area contributed by atoms with Crippen LogP contribution in [0.5, 0.6) is 0 Å². The van der Waals surface area contributed by atoms with E-state index in [0.29, 0.717) is 0 Å². The first-order valence-corrected chi connectivity index (χ1v) is 2.82. The van der Waals surface area contributed by atoms with E-state index in [2.05, 4.69) is 4.74 Å². The first-order chi connectivity index (χ1) is 1.91. The van der Waals surface area contributed by atoms with Crippen molar-refractivity contribution in [3.05, 3.63) is 0 Å². The van der Waals surface area contributed by atoms with Gasteiger partial charge in [0, 0.05) is 7.11 Å². The second-order valence-corrected chi connectivity index (χ2v) is 1.15. The molecule has 0 N–H and O–H groups in total. The summed E-state index contributed by atoms with van der Waals surface area (Å²) < 4.78 is 4.60. The van der Waals surface area contributed by atoms with E-state index in [-0.39, 0.29) is 0 Å². The van der Waals surface area contributed by atoms with Gasteiger partial charge < -0.3 is 4.74 Å². The standard InChI is InChI=1S/C2H5O.Al.2H/c1-3-2;;;/h1H2,2H3;;;. The second-order valence-electron chi connectivity index (χ2n) is 0.577. The highest BCUT2D eigenvalue weighted by Crippen LogP contribution is 1.45.